The summed E-state index contributed by atoms with van der Waals surface area (Å²) in [6.07, 6.45) is -4.01. The average Bonchev–Trinajstić information content (AvgIpc) is 3.44. The van der Waals surface area contributed by atoms with Crippen LogP contribution in [0.5, 0.6) is 0 Å². The van der Waals surface area contributed by atoms with Gasteiger partial charge in [0.2, 0.25) is 12.3 Å². The number of anilines is 1. The van der Waals surface area contributed by atoms with Crippen LogP contribution < -0.4 is 10.2 Å². The van der Waals surface area contributed by atoms with Crippen LogP contribution in [0, 0.1) is 5.82 Å². The van der Waals surface area contributed by atoms with Gasteiger partial charge < -0.3 is 25.1 Å². The number of likely N-dealkylation sites (N-methyl/N-ethyl adjacent to an activating group) is 1. The van der Waals surface area contributed by atoms with Crippen LogP contribution in [0.2, 0.25) is 0 Å². The van der Waals surface area contributed by atoms with E-state index >= 15 is 0 Å². The fraction of sp³-hybridized carbons (Fsp3) is 0.360. The smallest absolute Gasteiger partial charge is 0.356 e. The number of likely N-dealkylation sites (tertiary alicyclic amines) is 1. The number of carbonyl (C=O) groups is 3. The molecule has 39 heavy (non-hydrogen) atoms. The van der Waals surface area contributed by atoms with Gasteiger partial charge in [0, 0.05) is 31.2 Å². The highest BCUT2D eigenvalue weighted by molar-refractivity contribution is 5.97. The van der Waals surface area contributed by atoms with E-state index in [1.165, 1.54) is 16.8 Å². The van der Waals surface area contributed by atoms with Gasteiger partial charge in [0.25, 0.3) is 11.8 Å². The molecule has 2 fully saturated rings. The summed E-state index contributed by atoms with van der Waals surface area (Å²) in [5, 5.41) is 20.7. The van der Waals surface area contributed by atoms with Gasteiger partial charge in [-0.15, -0.1) is 0 Å². The number of piperidine rings is 1. The van der Waals surface area contributed by atoms with Gasteiger partial charge in [-0.1, -0.05) is 0 Å². The molecule has 1 unspecified atom stereocenters. The molecule has 206 valence electrons. The highest BCUT2D eigenvalue weighted by Crippen LogP contribution is 2.42. The van der Waals surface area contributed by atoms with Crippen LogP contribution in [0.4, 0.5) is 23.2 Å². The first kappa shape index (κ1) is 26.4. The second kappa shape index (κ2) is 9.52. The summed E-state index contributed by atoms with van der Waals surface area (Å²) < 4.78 is 52.8. The number of hydrogen-bond donors (Lipinski definition) is 3. The van der Waals surface area contributed by atoms with Gasteiger partial charge >= 0.3 is 6.18 Å². The third kappa shape index (κ3) is 4.54. The Hall–Kier alpha value is -4.20. The zero-order valence-electron chi connectivity index (χ0n) is 20.6. The van der Waals surface area contributed by atoms with Crippen molar-refractivity contribution in [3.05, 3.63) is 59.5 Å². The van der Waals surface area contributed by atoms with Gasteiger partial charge in [-0.25, -0.2) is 4.39 Å². The zero-order chi connectivity index (χ0) is 28.1. The Morgan fingerprint density at radius 1 is 1.18 bits per heavy atom. The number of nitrogens with one attached hydrogen (secondary N) is 2. The molecule has 0 aliphatic carbocycles. The normalized spacial score (nSPS) is 19.3. The molecule has 2 saturated heterocycles. The third-order valence-corrected chi connectivity index (χ3v) is 7.34. The molecular weight excluding hydrogens is 524 g/mol. The Bertz CT molecular complexity index is 1450. The topological polar surface area (TPSA) is 122 Å². The Labute approximate surface area is 219 Å². The summed E-state index contributed by atoms with van der Waals surface area (Å²) in [6, 6.07) is 6.81. The zero-order valence-corrected chi connectivity index (χ0v) is 20.6. The molecule has 2 aromatic carbocycles. The lowest BCUT2D eigenvalue weighted by Gasteiger charge is -2.44. The molecule has 3 heterocycles. The van der Waals surface area contributed by atoms with Gasteiger partial charge in [-0.3, -0.25) is 19.5 Å². The van der Waals surface area contributed by atoms with Crippen LogP contribution in [0.3, 0.4) is 0 Å². The Morgan fingerprint density at radius 3 is 2.59 bits per heavy atom. The molecule has 0 saturated carbocycles. The largest absolute Gasteiger partial charge is 0.416 e. The Kier molecular flexibility index (Phi) is 6.45. The molecule has 0 bridgehead atoms. The van der Waals surface area contributed by atoms with Gasteiger partial charge in [-0.05, 0) is 49.2 Å². The quantitative estimate of drug-likeness (QED) is 0.430. The fourth-order valence-corrected chi connectivity index (χ4v) is 5.21. The first-order chi connectivity index (χ1) is 18.4. The average molecular weight is 548 g/mol. The van der Waals surface area contributed by atoms with Crippen LogP contribution in [0.1, 0.15) is 28.8 Å². The van der Waals surface area contributed by atoms with Crippen LogP contribution in [-0.2, 0) is 15.8 Å². The standard InChI is InChI=1S/C25H24F4N6O4/c1-33-22(38)24(35(23(33)39)16-3-5-19-14(10-16)12-31-32-19)6-8-34(9-7-24)20(36)13-30-21(37)17-11-15(25(27,28)29)2-4-18(17)26/h2-5,10-12,23,39H,6-9,13H2,1H3,(H,30,37)(H,31,32). The second-order valence-corrected chi connectivity index (χ2v) is 9.56. The maximum atomic E-state index is 14.0. The Balaban J connectivity index is 1.27. The van der Waals surface area contributed by atoms with E-state index in [1.807, 2.05) is 0 Å². The number of rotatable bonds is 4. The highest BCUT2D eigenvalue weighted by atomic mass is 19.4. The minimum Gasteiger partial charge on any atom is -0.356 e. The van der Waals surface area contributed by atoms with Crippen LogP contribution in [0.15, 0.2) is 42.6 Å². The van der Waals surface area contributed by atoms with Crippen molar-refractivity contribution in [2.24, 2.45) is 0 Å². The van der Waals surface area contributed by atoms with E-state index in [-0.39, 0.29) is 31.8 Å². The fourth-order valence-electron chi connectivity index (χ4n) is 5.21. The molecule has 0 radical (unpaired) electrons. The molecule has 10 nitrogen and oxygen atoms in total. The van der Waals surface area contributed by atoms with Gasteiger partial charge in [-0.2, -0.15) is 18.3 Å². The number of H-pyrrole nitrogens is 1. The maximum absolute atomic E-state index is 14.0. The van der Waals surface area contributed by atoms with Crippen molar-refractivity contribution in [1.29, 1.82) is 0 Å². The van der Waals surface area contributed by atoms with E-state index in [4.69, 9.17) is 0 Å². The van der Waals surface area contributed by atoms with Crippen LogP contribution >= 0.6 is 0 Å². The predicted octanol–water partition coefficient (Wildman–Crippen LogP) is 2.07. The molecule has 5 rings (SSSR count). The van der Waals surface area contributed by atoms with Crippen molar-refractivity contribution < 1.29 is 37.1 Å². The predicted molar refractivity (Wildman–Crippen MR) is 130 cm³/mol. The number of carbonyl (C=O) groups excluding carboxylic acids is 3. The number of aromatic nitrogens is 2. The molecule has 1 spiro atoms. The lowest BCUT2D eigenvalue weighted by atomic mass is 9.85. The summed E-state index contributed by atoms with van der Waals surface area (Å²) in [5.41, 5.74) is -1.74. The van der Waals surface area contributed by atoms with Crippen molar-refractivity contribution in [3.8, 4) is 0 Å². The van der Waals surface area contributed by atoms with E-state index in [1.54, 1.807) is 29.3 Å². The maximum Gasteiger partial charge on any atom is 0.416 e. The monoisotopic (exact) mass is 548 g/mol. The van der Waals surface area contributed by atoms with Crippen molar-refractivity contribution in [3.63, 3.8) is 0 Å². The van der Waals surface area contributed by atoms with Crippen molar-refractivity contribution in [2.75, 3.05) is 31.6 Å². The molecule has 1 aromatic heterocycles. The van der Waals surface area contributed by atoms with Gasteiger partial charge in [0.1, 0.15) is 11.4 Å². The molecule has 2 aliphatic heterocycles. The number of benzene rings is 2. The molecule has 3 amide bonds. The van der Waals surface area contributed by atoms with Crippen molar-refractivity contribution >= 4 is 34.3 Å². The highest BCUT2D eigenvalue weighted by Gasteiger charge is 2.57. The summed E-state index contributed by atoms with van der Waals surface area (Å²) >= 11 is 0. The molecule has 3 N–H and O–H groups in total. The molecule has 3 aromatic rings. The number of fused-ring (bicyclic) bond motifs is 1. The van der Waals surface area contributed by atoms with E-state index < -0.39 is 53.4 Å². The van der Waals surface area contributed by atoms with Gasteiger partial charge in [0.15, 0.2) is 0 Å². The second-order valence-electron chi connectivity index (χ2n) is 9.56. The number of alkyl halides is 3. The number of nitrogens with zero attached hydrogens (tertiary/aromatic N) is 4. The first-order valence-corrected chi connectivity index (χ1v) is 12.0. The number of hydrogen-bond acceptors (Lipinski definition) is 6. The lowest BCUT2D eigenvalue weighted by molar-refractivity contribution is -0.139. The van der Waals surface area contributed by atoms with Gasteiger partial charge in [0.05, 0.1) is 29.4 Å². The van der Waals surface area contributed by atoms with E-state index in [0.29, 0.717) is 23.9 Å². The third-order valence-electron chi connectivity index (χ3n) is 7.34. The summed E-state index contributed by atoms with van der Waals surface area (Å²) in [5.74, 6) is -3.15. The van der Waals surface area contributed by atoms with E-state index in [0.717, 1.165) is 10.9 Å². The number of aliphatic hydroxyl groups excluding tert-OH is 1. The van der Waals surface area contributed by atoms with E-state index in [9.17, 15) is 37.1 Å². The molecule has 2 aliphatic rings. The number of amides is 3. The summed E-state index contributed by atoms with van der Waals surface area (Å²) in [6.45, 7) is -0.342. The SMILES string of the molecule is CN1C(=O)C2(CCN(C(=O)CNC(=O)c3cc(C(F)(F)F)ccc3F)CC2)N(c2ccc3[nH]ncc3c2)C1O. The minimum atomic E-state index is -4.76. The van der Waals surface area contributed by atoms with Crippen molar-refractivity contribution in [1.82, 2.24) is 25.3 Å². The first-order valence-electron chi connectivity index (χ1n) is 12.0. The van der Waals surface area contributed by atoms with E-state index in [2.05, 4.69) is 15.5 Å². The lowest BCUT2D eigenvalue weighted by Crippen LogP contribution is -2.59. The molecular formula is C25H24F4N6O4. The Morgan fingerprint density at radius 2 is 1.90 bits per heavy atom. The number of aromatic amines is 1. The molecule has 1 atom stereocenters. The summed E-state index contributed by atoms with van der Waals surface area (Å²) in [4.78, 5) is 42.7. The van der Waals surface area contributed by atoms with Crippen LogP contribution in [0.25, 0.3) is 10.9 Å². The van der Waals surface area contributed by atoms with Crippen LogP contribution in [-0.4, -0.2) is 81.4 Å². The minimum absolute atomic E-state index is 0.114. The number of halogens is 4. The molecule has 14 heteroatoms. The summed E-state index contributed by atoms with van der Waals surface area (Å²) in [7, 11) is 1.49. The number of aliphatic hydroxyl groups is 1. The van der Waals surface area contributed by atoms with Crippen molar-refractivity contribution in [2.45, 2.75) is 30.9 Å².